The van der Waals surface area contributed by atoms with Crippen LogP contribution in [0.5, 0.6) is 5.75 Å². The van der Waals surface area contributed by atoms with Gasteiger partial charge in [0.25, 0.3) is 0 Å². The first kappa shape index (κ1) is 16.4. The number of piperazine rings is 1. The van der Waals surface area contributed by atoms with Gasteiger partial charge >= 0.3 is 7.05 Å². The molecule has 116 valence electrons. The average molecular weight is 334 g/mol. The van der Waals surface area contributed by atoms with E-state index in [-0.39, 0.29) is 28.7 Å². The first-order valence-electron chi connectivity index (χ1n) is 6.44. The number of halogens is 1. The number of benzene rings is 1. The number of rotatable bonds is 3. The summed E-state index contributed by atoms with van der Waals surface area (Å²) in [7, 11) is -4.56. The van der Waals surface area contributed by atoms with Gasteiger partial charge in [-0.3, -0.25) is 0 Å². The minimum Gasteiger partial charge on any atom is -0.504 e. The minimum atomic E-state index is -3.93. The van der Waals surface area contributed by atoms with Gasteiger partial charge in [0, 0.05) is 26.2 Å². The number of anilines is 1. The first-order chi connectivity index (χ1) is 9.75. The molecule has 0 bridgehead atoms. The normalized spacial score (nSPS) is 17.9. The Morgan fingerprint density at radius 1 is 1.29 bits per heavy atom. The maximum Gasteiger partial charge on any atom is 0.376 e. The van der Waals surface area contributed by atoms with E-state index in [9.17, 15) is 18.5 Å². The summed E-state index contributed by atoms with van der Waals surface area (Å²) in [5.41, 5.74) is 5.50. The Balaban J connectivity index is 2.30. The van der Waals surface area contributed by atoms with E-state index in [0.717, 1.165) is 0 Å². The molecule has 10 heteroatoms. The van der Waals surface area contributed by atoms with Crippen molar-refractivity contribution in [2.24, 2.45) is 0 Å². The molecule has 1 aliphatic rings. The molecule has 0 aliphatic carbocycles. The van der Waals surface area contributed by atoms with Gasteiger partial charge in [0.1, 0.15) is 4.90 Å². The molecule has 0 saturated carbocycles. The third kappa shape index (κ3) is 3.11. The van der Waals surface area contributed by atoms with Crippen molar-refractivity contribution in [1.82, 2.24) is 9.12 Å². The van der Waals surface area contributed by atoms with E-state index < -0.39 is 22.8 Å². The van der Waals surface area contributed by atoms with Crippen LogP contribution in [0.3, 0.4) is 0 Å². The van der Waals surface area contributed by atoms with Gasteiger partial charge in [-0.2, -0.15) is 4.31 Å². The van der Waals surface area contributed by atoms with Crippen LogP contribution in [0.2, 0.25) is 11.8 Å². The monoisotopic (exact) mass is 333 g/mol. The molecule has 1 aromatic carbocycles. The predicted octanol–water partition coefficient (Wildman–Crippen LogP) is 0.0444. The quantitative estimate of drug-likeness (QED) is 0.410. The molecule has 0 amide bonds. The average Bonchev–Trinajstić information content (AvgIpc) is 2.43. The minimum absolute atomic E-state index is 0.0411. The highest BCUT2D eigenvalue weighted by molar-refractivity contribution is 7.89. The Bertz CT molecular complexity index is 633. The Morgan fingerprint density at radius 2 is 1.86 bits per heavy atom. The molecule has 1 fully saturated rings. The van der Waals surface area contributed by atoms with E-state index >= 15 is 0 Å². The molecule has 2 rings (SSSR count). The highest BCUT2D eigenvalue weighted by Crippen LogP contribution is 2.37. The zero-order chi connectivity index (χ0) is 15.8. The van der Waals surface area contributed by atoms with Crippen LogP contribution in [0.1, 0.15) is 0 Å². The summed E-state index contributed by atoms with van der Waals surface area (Å²) in [6, 6.07) is 2.69. The van der Waals surface area contributed by atoms with Crippen molar-refractivity contribution in [2.75, 3.05) is 31.9 Å². The summed E-state index contributed by atoms with van der Waals surface area (Å²) in [4.78, 5) is 1.39. The van der Waals surface area contributed by atoms with Gasteiger partial charge in [-0.1, -0.05) is 11.6 Å². The van der Waals surface area contributed by atoms with E-state index in [1.807, 2.05) is 0 Å². The van der Waals surface area contributed by atoms with Crippen molar-refractivity contribution in [1.29, 1.82) is 0 Å². The number of hydrogen-bond acceptors (Lipinski definition) is 6. The maximum absolute atomic E-state index is 12.6. The number of nitrogen functional groups attached to an aromatic ring is 1. The van der Waals surface area contributed by atoms with E-state index in [4.69, 9.17) is 17.3 Å². The number of nitrogens with zero attached hydrogens (tertiary/aromatic N) is 2. The van der Waals surface area contributed by atoms with Crippen LogP contribution in [-0.2, 0) is 10.0 Å². The van der Waals surface area contributed by atoms with Gasteiger partial charge < -0.3 is 20.7 Å². The van der Waals surface area contributed by atoms with Crippen LogP contribution in [0.4, 0.5) is 5.69 Å². The lowest BCUT2D eigenvalue weighted by Gasteiger charge is -2.34. The lowest BCUT2D eigenvalue weighted by atomic mass is 9.84. The van der Waals surface area contributed by atoms with Crippen molar-refractivity contribution in [3.8, 4) is 5.75 Å². The fraction of sp³-hybridized carbons (Fsp3) is 0.455. The van der Waals surface area contributed by atoms with Crippen LogP contribution in [0.25, 0.3) is 0 Å². The van der Waals surface area contributed by atoms with Crippen LogP contribution < -0.4 is 5.73 Å². The molecule has 0 atom stereocenters. The Hall–Kier alpha value is -0.995. The molecule has 1 saturated heterocycles. The lowest BCUT2D eigenvalue weighted by Crippen LogP contribution is -2.52. The van der Waals surface area contributed by atoms with Crippen LogP contribution >= 0.6 is 11.6 Å². The summed E-state index contributed by atoms with van der Waals surface area (Å²) in [5.74, 6) is -0.527. The predicted molar refractivity (Wildman–Crippen MR) is 81.7 cm³/mol. The van der Waals surface area contributed by atoms with Crippen molar-refractivity contribution >= 4 is 34.4 Å². The third-order valence-electron chi connectivity index (χ3n) is 3.51. The Morgan fingerprint density at radius 3 is 2.38 bits per heavy atom. The van der Waals surface area contributed by atoms with Crippen LogP contribution in [0.15, 0.2) is 17.0 Å². The van der Waals surface area contributed by atoms with Crippen molar-refractivity contribution in [3.05, 3.63) is 17.2 Å². The fourth-order valence-electron chi connectivity index (χ4n) is 2.25. The molecule has 1 heterocycles. The van der Waals surface area contributed by atoms with Crippen molar-refractivity contribution in [3.63, 3.8) is 0 Å². The molecule has 7 nitrogen and oxygen atoms in total. The van der Waals surface area contributed by atoms with E-state index in [2.05, 4.69) is 0 Å². The third-order valence-corrected chi connectivity index (χ3v) is 5.92. The summed E-state index contributed by atoms with van der Waals surface area (Å²) < 4.78 is 26.4. The van der Waals surface area contributed by atoms with Gasteiger partial charge in [0.15, 0.2) is 5.75 Å². The Labute approximate surface area is 129 Å². The highest BCUT2D eigenvalue weighted by Gasteiger charge is 2.34. The van der Waals surface area contributed by atoms with Crippen molar-refractivity contribution in [2.45, 2.75) is 11.7 Å². The number of hydrogen-bond donors (Lipinski definition) is 3. The van der Waals surface area contributed by atoms with Gasteiger partial charge in [-0.25, -0.2) is 8.42 Å². The zero-order valence-electron chi connectivity index (χ0n) is 11.5. The maximum atomic E-state index is 12.6. The second-order valence-corrected chi connectivity index (χ2v) is 7.17. The molecule has 4 N–H and O–H groups in total. The number of aromatic hydroxyl groups is 1. The summed E-state index contributed by atoms with van der Waals surface area (Å²) in [5, 5.41) is 19.3. The largest absolute Gasteiger partial charge is 0.504 e. The molecule has 21 heavy (non-hydrogen) atoms. The lowest BCUT2D eigenvalue weighted by molar-refractivity contribution is 0.251. The molecule has 0 radical (unpaired) electrons. The van der Waals surface area contributed by atoms with Crippen LogP contribution in [0, 0.1) is 0 Å². The smallest absolute Gasteiger partial charge is 0.376 e. The molecule has 0 unspecified atom stereocenters. The first-order valence-corrected chi connectivity index (χ1v) is 8.26. The molecule has 1 aromatic rings. The number of phenols is 1. The van der Waals surface area contributed by atoms with Crippen molar-refractivity contribution < 1.29 is 18.5 Å². The van der Waals surface area contributed by atoms with Gasteiger partial charge in [0.2, 0.25) is 10.0 Å². The molecule has 0 spiro atoms. The second kappa shape index (κ2) is 6.01. The van der Waals surface area contributed by atoms with E-state index in [1.165, 1.54) is 16.4 Å². The zero-order valence-corrected chi connectivity index (χ0v) is 13.1. The molecular weight excluding hydrogens is 316 g/mol. The van der Waals surface area contributed by atoms with E-state index in [0.29, 0.717) is 13.1 Å². The SMILES string of the molecule is CB(O)N1CCN(S(=O)(=O)c2c(Cl)ccc(N)c2O)CC1. The molecular formula is C11H17BClN3O4S. The number of sulfonamides is 1. The Kier molecular flexibility index (Phi) is 4.69. The summed E-state index contributed by atoms with van der Waals surface area (Å²) in [6.45, 7) is 2.84. The highest BCUT2D eigenvalue weighted by atomic mass is 35.5. The summed E-state index contributed by atoms with van der Waals surface area (Å²) in [6.07, 6.45) is 0. The molecule has 1 aliphatic heterocycles. The fourth-order valence-corrected chi connectivity index (χ4v) is 4.28. The van der Waals surface area contributed by atoms with Crippen LogP contribution in [-0.4, -0.2) is 60.9 Å². The van der Waals surface area contributed by atoms with Gasteiger partial charge in [-0.05, 0) is 19.0 Å². The molecule has 0 aromatic heterocycles. The number of phenolic OH excluding ortho intramolecular Hbond substituents is 1. The van der Waals surface area contributed by atoms with Gasteiger partial charge in [-0.15, -0.1) is 0 Å². The van der Waals surface area contributed by atoms with E-state index in [1.54, 1.807) is 11.6 Å². The topological polar surface area (TPSA) is 107 Å². The second-order valence-electron chi connectivity index (χ2n) is 4.89. The van der Waals surface area contributed by atoms with Gasteiger partial charge in [0.05, 0.1) is 10.7 Å². The number of nitrogens with two attached hydrogens (primary N) is 1. The summed E-state index contributed by atoms with van der Waals surface area (Å²) >= 11 is 5.91. The standard InChI is InChI=1S/C11H17BClN3O4S/c1-12(18)15-4-6-16(7-5-15)21(19,20)11-8(13)2-3-9(14)10(11)17/h2-3,17-18H,4-7,14H2,1H3.